The lowest BCUT2D eigenvalue weighted by Crippen LogP contribution is -2.08. The minimum Gasteiger partial charge on any atom is -0.301 e. The Morgan fingerprint density at radius 2 is 1.82 bits per heavy atom. The van der Waals surface area contributed by atoms with Gasteiger partial charge in [-0.15, -0.1) is 0 Å². The second kappa shape index (κ2) is 5.31. The number of thiol groups is 1. The molecule has 0 aromatic rings. The maximum absolute atomic E-state index is 5.29. The molecule has 0 aliphatic carbocycles. The van der Waals surface area contributed by atoms with E-state index in [4.69, 9.17) is 48.9 Å². The van der Waals surface area contributed by atoms with Crippen LogP contribution in [0.3, 0.4) is 0 Å². The Bertz CT molecular complexity index is 263. The summed E-state index contributed by atoms with van der Waals surface area (Å²) in [7, 11) is -1.12. The van der Waals surface area contributed by atoms with E-state index in [1.165, 1.54) is 0 Å². The minimum atomic E-state index is -1.93. The molecule has 0 aromatic carbocycles. The van der Waals surface area contributed by atoms with E-state index in [9.17, 15) is 0 Å². The van der Waals surface area contributed by atoms with Crippen molar-refractivity contribution in [3.05, 3.63) is 0 Å². The molecule has 0 N–H and O–H groups in total. The zero-order valence-corrected chi connectivity index (χ0v) is 11.2. The van der Waals surface area contributed by atoms with Crippen molar-refractivity contribution in [2.45, 2.75) is 13.8 Å². The Morgan fingerprint density at radius 1 is 1.36 bits per heavy atom. The van der Waals surface area contributed by atoms with Crippen LogP contribution in [0, 0.1) is 5.92 Å². The fourth-order valence-electron chi connectivity index (χ4n) is 0.265. The minimum absolute atomic E-state index is 0.438. The lowest BCUT2D eigenvalue weighted by molar-refractivity contribution is 0.316. The van der Waals surface area contributed by atoms with E-state index in [0.717, 1.165) is 0 Å². The van der Waals surface area contributed by atoms with E-state index in [-0.39, 0.29) is 0 Å². The van der Waals surface area contributed by atoms with E-state index >= 15 is 0 Å². The van der Waals surface area contributed by atoms with Gasteiger partial charge >= 0.3 is 0 Å². The van der Waals surface area contributed by atoms with Crippen LogP contribution in [-0.4, -0.2) is 6.61 Å². The third kappa shape index (κ3) is 5.73. The third-order valence-electron chi connectivity index (χ3n) is 0.733. The first-order valence-electron chi connectivity index (χ1n) is 2.90. The van der Waals surface area contributed by atoms with Gasteiger partial charge in [-0.05, 0) is 57.7 Å². The molecule has 0 aliphatic heterocycles. The number of hydrogen-bond acceptors (Lipinski definition) is 5. The van der Waals surface area contributed by atoms with E-state index in [1.54, 1.807) is 0 Å². The molecule has 0 radical (unpaired) electrons. The molecular formula is C4H10OS6. The molecule has 0 heterocycles. The highest BCUT2D eigenvalue weighted by molar-refractivity contribution is 9.03. The van der Waals surface area contributed by atoms with Crippen LogP contribution < -0.4 is 0 Å². The van der Waals surface area contributed by atoms with Gasteiger partial charge in [0.1, 0.15) is 0 Å². The van der Waals surface area contributed by atoms with Crippen molar-refractivity contribution < 1.29 is 4.18 Å². The highest BCUT2D eigenvalue weighted by Crippen LogP contribution is 2.01. The van der Waals surface area contributed by atoms with E-state index in [2.05, 4.69) is 0 Å². The quantitative estimate of drug-likeness (QED) is 0.595. The molecular weight excluding hydrogens is 256 g/mol. The third-order valence-corrected chi connectivity index (χ3v) is 13.4. The Labute approximate surface area is 88.1 Å². The second-order valence-corrected chi connectivity index (χ2v) is 15.7. The average molecular weight is 267 g/mol. The molecule has 0 aromatic heterocycles. The summed E-state index contributed by atoms with van der Waals surface area (Å²) in [6, 6.07) is 0. The molecule has 0 spiro atoms. The number of hydrogen-bond donors (Lipinski definition) is 1. The van der Waals surface area contributed by atoms with Crippen molar-refractivity contribution >= 4 is 58.3 Å². The zero-order chi connectivity index (χ0) is 9.07. The summed E-state index contributed by atoms with van der Waals surface area (Å²) in [5.74, 6) is 0.438. The van der Waals surface area contributed by atoms with Gasteiger partial charge in [-0.2, -0.15) is 0 Å². The summed E-state index contributed by atoms with van der Waals surface area (Å²) in [6.45, 7) is 2.72. The summed E-state index contributed by atoms with van der Waals surface area (Å²) < 4.78 is 5.29. The van der Waals surface area contributed by atoms with Gasteiger partial charge in [0, 0.05) is 0 Å². The topological polar surface area (TPSA) is 9.23 Å². The average Bonchev–Trinajstić information content (AvgIpc) is 1.84. The second-order valence-electron chi connectivity index (χ2n) is 2.33. The van der Waals surface area contributed by atoms with Crippen molar-refractivity contribution in [2.24, 2.45) is 5.92 Å². The fraction of sp³-hybridized carbons (Fsp3) is 1.00. The van der Waals surface area contributed by atoms with Crippen LogP contribution in [0.2, 0.25) is 0 Å². The highest BCUT2D eigenvalue weighted by atomic mass is 33.7. The molecule has 0 fully saturated rings. The molecule has 7 heteroatoms. The molecule has 0 saturated carbocycles. The normalized spacial score (nSPS) is 12.7. The van der Waals surface area contributed by atoms with Gasteiger partial charge in [-0.1, -0.05) is 13.8 Å². The van der Waals surface area contributed by atoms with Gasteiger partial charge in [0.15, 0.2) is 0 Å². The lowest BCUT2D eigenvalue weighted by Gasteiger charge is -2.08. The molecule has 0 rings (SSSR count). The summed E-state index contributed by atoms with van der Waals surface area (Å²) in [4.78, 5) is 0. The van der Waals surface area contributed by atoms with Gasteiger partial charge in [-0.25, -0.2) is 0 Å². The first-order valence-corrected chi connectivity index (χ1v) is 10.3. The van der Waals surface area contributed by atoms with Crippen LogP contribution in [-0.2, 0) is 62.4 Å². The van der Waals surface area contributed by atoms with Crippen molar-refractivity contribution in [3.8, 4) is 0 Å². The van der Waals surface area contributed by atoms with Crippen LogP contribution >= 0.6 is 0 Å². The van der Waals surface area contributed by atoms with Crippen molar-refractivity contribution in [1.29, 1.82) is 0 Å². The fourth-order valence-corrected chi connectivity index (χ4v) is 2.34. The maximum Gasteiger partial charge on any atom is 0.0754 e. The van der Waals surface area contributed by atoms with E-state index < -0.39 is 13.5 Å². The standard InChI is InChI=1S/C4H10OS6/c1-4(2)3-5-11(8,9)10(6)7/h4,10H,3H2,1-2H3. The SMILES string of the molecule is CC(C)COS(=S)(=S)[SH](=S)=S. The van der Waals surface area contributed by atoms with Crippen LogP contribution in [0.5, 0.6) is 0 Å². The molecule has 0 atom stereocenters. The summed E-state index contributed by atoms with van der Waals surface area (Å²) in [6.07, 6.45) is 0. The van der Waals surface area contributed by atoms with Crippen LogP contribution in [0.25, 0.3) is 0 Å². The Balaban J connectivity index is 4.17. The van der Waals surface area contributed by atoms with Gasteiger partial charge in [0.25, 0.3) is 0 Å². The summed E-state index contributed by atoms with van der Waals surface area (Å²) >= 11 is 19.7. The highest BCUT2D eigenvalue weighted by Gasteiger charge is 2.01. The van der Waals surface area contributed by atoms with Gasteiger partial charge in [-0.3, -0.25) is 0 Å². The predicted octanol–water partition coefficient (Wildman–Crippen LogP) is 0.841. The van der Waals surface area contributed by atoms with Gasteiger partial charge in [0.05, 0.1) is 13.1 Å². The Kier molecular flexibility index (Phi) is 6.05. The van der Waals surface area contributed by atoms with Crippen molar-refractivity contribution in [2.75, 3.05) is 6.61 Å². The van der Waals surface area contributed by atoms with Gasteiger partial charge < -0.3 is 4.18 Å². The molecule has 1 nitrogen and oxygen atoms in total. The lowest BCUT2D eigenvalue weighted by atomic mass is 10.2. The first-order chi connectivity index (χ1) is 4.86. The van der Waals surface area contributed by atoms with Crippen LogP contribution in [0.4, 0.5) is 0 Å². The van der Waals surface area contributed by atoms with Gasteiger partial charge in [0.2, 0.25) is 0 Å². The Morgan fingerprint density at radius 3 is 2.09 bits per heavy atom. The molecule has 0 saturated heterocycles. The van der Waals surface area contributed by atoms with E-state index in [0.29, 0.717) is 12.5 Å². The molecule has 0 unspecified atom stereocenters. The molecule has 0 aliphatic rings. The summed E-state index contributed by atoms with van der Waals surface area (Å²) in [5, 5.41) is 0. The van der Waals surface area contributed by atoms with Crippen molar-refractivity contribution in [1.82, 2.24) is 0 Å². The monoisotopic (exact) mass is 266 g/mol. The van der Waals surface area contributed by atoms with E-state index in [1.807, 2.05) is 13.8 Å². The summed E-state index contributed by atoms with van der Waals surface area (Å²) in [5.41, 5.74) is 0. The molecule has 68 valence electrons. The molecule has 11 heavy (non-hydrogen) atoms. The molecule has 0 bridgehead atoms. The number of rotatable bonds is 4. The smallest absolute Gasteiger partial charge is 0.0754 e. The van der Waals surface area contributed by atoms with Crippen LogP contribution in [0.1, 0.15) is 13.8 Å². The predicted molar refractivity (Wildman–Crippen MR) is 66.4 cm³/mol. The Hall–Kier alpha value is 1.54. The molecule has 0 amide bonds. The van der Waals surface area contributed by atoms with Crippen LogP contribution in [0.15, 0.2) is 0 Å². The maximum atomic E-state index is 5.29. The zero-order valence-electron chi connectivity index (χ0n) is 6.18. The first kappa shape index (κ1) is 12.5. The van der Waals surface area contributed by atoms with Crippen molar-refractivity contribution in [3.63, 3.8) is 0 Å². The largest absolute Gasteiger partial charge is 0.301 e.